The summed E-state index contributed by atoms with van der Waals surface area (Å²) in [6.07, 6.45) is 14.4. The number of ether oxygens (including phenoxy) is 2. The molecule has 2 saturated heterocycles. The van der Waals surface area contributed by atoms with Crippen LogP contribution in [0.5, 0.6) is 11.5 Å². The van der Waals surface area contributed by atoms with E-state index >= 15 is 0 Å². The van der Waals surface area contributed by atoms with Crippen molar-refractivity contribution in [1.82, 2.24) is 28.8 Å². The minimum absolute atomic E-state index is 0. The zero-order chi connectivity index (χ0) is 55.8. The fourth-order valence-corrected chi connectivity index (χ4v) is 8.78. The number of benzene rings is 4. The van der Waals surface area contributed by atoms with Crippen molar-refractivity contribution in [3.05, 3.63) is 174 Å². The van der Waals surface area contributed by atoms with Crippen molar-refractivity contribution in [3.63, 3.8) is 0 Å². The predicted octanol–water partition coefficient (Wildman–Crippen LogP) is 13.3. The van der Waals surface area contributed by atoms with Gasteiger partial charge < -0.3 is 19.5 Å². The second kappa shape index (κ2) is 33.3. The van der Waals surface area contributed by atoms with E-state index in [1.54, 1.807) is 51.1 Å². The molecule has 0 radical (unpaired) electrons. The summed E-state index contributed by atoms with van der Waals surface area (Å²) in [5.41, 5.74) is 6.58. The van der Waals surface area contributed by atoms with Gasteiger partial charge in [0, 0.05) is 101 Å². The maximum Gasteiger partial charge on any atom is 0.337 e. The van der Waals surface area contributed by atoms with Crippen molar-refractivity contribution in [2.45, 2.75) is 138 Å². The third-order valence-corrected chi connectivity index (χ3v) is 13.6. The second-order valence-corrected chi connectivity index (χ2v) is 21.6. The highest BCUT2D eigenvalue weighted by molar-refractivity contribution is 5.96. The molecule has 1 N–H and O–H groups in total. The summed E-state index contributed by atoms with van der Waals surface area (Å²) in [5.74, 6) is 1.23. The van der Waals surface area contributed by atoms with Crippen molar-refractivity contribution in [2.24, 2.45) is 0 Å². The molecular formula is C65H90N6O8. The average molecular weight is 1080 g/mol. The molecule has 0 spiro atoms. The van der Waals surface area contributed by atoms with Gasteiger partial charge >= 0.3 is 12.0 Å². The quantitative estimate of drug-likeness (QED) is 0.0920. The molecule has 0 atom stereocenters. The summed E-state index contributed by atoms with van der Waals surface area (Å²) in [6, 6.07) is 35.5. The number of amides is 1. The van der Waals surface area contributed by atoms with Crippen LogP contribution in [0.25, 0.3) is 0 Å². The zero-order valence-electron chi connectivity index (χ0n) is 46.8. The maximum absolute atomic E-state index is 12.6. The fraction of sp³-hybridized carbons (Fsp3) is 0.446. The lowest BCUT2D eigenvalue weighted by molar-refractivity contribution is -0.137. The van der Waals surface area contributed by atoms with E-state index in [-0.39, 0.29) is 55.6 Å². The fourth-order valence-electron chi connectivity index (χ4n) is 8.78. The van der Waals surface area contributed by atoms with Gasteiger partial charge in [-0.2, -0.15) is 0 Å². The largest absolute Gasteiger partial charge is 0.497 e. The lowest BCUT2D eigenvalue weighted by atomic mass is 9.86. The van der Waals surface area contributed by atoms with Gasteiger partial charge in [0.05, 0.1) is 14.2 Å². The Labute approximate surface area is 471 Å². The van der Waals surface area contributed by atoms with Gasteiger partial charge in [-0.15, -0.1) is 0 Å². The van der Waals surface area contributed by atoms with Crippen molar-refractivity contribution in [3.8, 4) is 11.5 Å². The highest BCUT2D eigenvalue weighted by Gasteiger charge is 2.22. The number of carboxylic acid groups (broad SMARTS) is 1. The maximum atomic E-state index is 12.6. The summed E-state index contributed by atoms with van der Waals surface area (Å²) in [5, 5.41) is 8.51. The number of aliphatic carboxylic acids is 1. The minimum Gasteiger partial charge on any atom is -0.497 e. The number of carbonyl (C=O) groups is 5. The van der Waals surface area contributed by atoms with Crippen molar-refractivity contribution >= 4 is 29.5 Å². The summed E-state index contributed by atoms with van der Waals surface area (Å²) < 4.78 is 13.3. The van der Waals surface area contributed by atoms with Crippen molar-refractivity contribution in [1.29, 1.82) is 0 Å². The highest BCUT2D eigenvalue weighted by Crippen LogP contribution is 2.25. The average Bonchev–Trinajstić information content (AvgIpc) is 4.19. The van der Waals surface area contributed by atoms with Gasteiger partial charge in [0.1, 0.15) is 17.8 Å². The van der Waals surface area contributed by atoms with Crippen LogP contribution in [-0.2, 0) is 33.5 Å². The van der Waals surface area contributed by atoms with Crippen LogP contribution in [0.4, 0.5) is 4.79 Å². The molecule has 14 nitrogen and oxygen atoms in total. The number of carboxylic acids is 1. The van der Waals surface area contributed by atoms with Crippen LogP contribution in [0, 0.1) is 0 Å². The molecule has 6 aromatic rings. The van der Waals surface area contributed by atoms with Gasteiger partial charge in [0.25, 0.3) is 0 Å². The first-order chi connectivity index (χ1) is 36.8. The Morgan fingerprint density at radius 2 is 0.949 bits per heavy atom. The Bertz CT molecular complexity index is 2660. The molecular weight excluding hydrogens is 993 g/mol. The molecule has 428 valence electrons. The Balaban J connectivity index is 0.000000296. The number of carbonyl (C=O) groups excluding carboxylic acids is 4. The standard InChI is InChI=1S/C27H36N2O3.C15H20O3.C13H19NO.C8H7N3O.2CH4/c1-27(2,3)23-12-10-22(11-13-23)25(30)6-5-7-26(31)29-18-16-28(17-19-29)20-21-8-14-24(32-4)15-9-21;1-15(2,3)12-9-7-11(8-10-12)13(16)5-4-6-14(17)18;1-15-13-7-5-12(6-8-13)11-14-9-3-2-4-10-14;12-8(10-4-1-2-5-10)11-6-3-9-7-11;;/h8-15H,5-7,16-20H2,1-4H3;7-10H,4-6H2,1-3H3,(H,17,18);5-8H,2-4,9-11H2,1H3;1-7H;2*1H4. The number of Topliss-reactive ketones (excluding diaryl/α,β-unsaturated/α-hetero) is 2. The smallest absolute Gasteiger partial charge is 0.337 e. The second-order valence-electron chi connectivity index (χ2n) is 21.6. The molecule has 2 aliphatic rings. The molecule has 8 rings (SSSR count). The predicted molar refractivity (Wildman–Crippen MR) is 318 cm³/mol. The molecule has 0 unspecified atom stereocenters. The van der Waals surface area contributed by atoms with E-state index < -0.39 is 5.97 Å². The molecule has 4 heterocycles. The number of hydrogen-bond acceptors (Lipinski definition) is 10. The van der Waals surface area contributed by atoms with E-state index in [0.717, 1.165) is 56.3 Å². The van der Waals surface area contributed by atoms with Crippen LogP contribution in [0.1, 0.15) is 157 Å². The highest BCUT2D eigenvalue weighted by atomic mass is 16.5. The first-order valence-corrected chi connectivity index (χ1v) is 27.0. The number of piperazine rings is 1. The number of nitrogens with zero attached hydrogens (tertiary/aromatic N) is 6. The van der Waals surface area contributed by atoms with E-state index in [2.05, 4.69) is 80.6 Å². The number of methoxy groups -OCH3 is 2. The van der Waals surface area contributed by atoms with Crippen LogP contribution in [0.15, 0.2) is 140 Å². The zero-order valence-corrected chi connectivity index (χ0v) is 46.8. The van der Waals surface area contributed by atoms with Gasteiger partial charge in [0.15, 0.2) is 11.6 Å². The van der Waals surface area contributed by atoms with Crippen LogP contribution in [0.3, 0.4) is 0 Å². The number of aromatic nitrogens is 3. The van der Waals surface area contributed by atoms with Crippen molar-refractivity contribution in [2.75, 3.05) is 53.5 Å². The van der Waals surface area contributed by atoms with Gasteiger partial charge in [-0.25, -0.2) is 9.78 Å². The monoisotopic (exact) mass is 1080 g/mol. The number of imidazole rings is 1. The lowest BCUT2D eigenvalue weighted by Gasteiger charge is -2.34. The number of piperidine rings is 1. The van der Waals surface area contributed by atoms with Crippen LogP contribution in [-0.4, -0.2) is 117 Å². The third kappa shape index (κ3) is 23.0. The summed E-state index contributed by atoms with van der Waals surface area (Å²) in [6.45, 7) is 20.6. The number of likely N-dealkylation sites (tertiary alicyclic amines) is 1. The molecule has 4 aromatic carbocycles. The lowest BCUT2D eigenvalue weighted by Crippen LogP contribution is -2.48. The van der Waals surface area contributed by atoms with E-state index in [9.17, 15) is 24.0 Å². The number of ketones is 2. The Morgan fingerprint density at radius 1 is 0.519 bits per heavy atom. The van der Waals surface area contributed by atoms with Gasteiger partial charge in [0.2, 0.25) is 5.91 Å². The number of rotatable bonds is 16. The van der Waals surface area contributed by atoms with Gasteiger partial charge in [-0.3, -0.25) is 38.1 Å². The molecule has 0 aliphatic carbocycles. The first kappa shape index (κ1) is 66.1. The van der Waals surface area contributed by atoms with Crippen molar-refractivity contribution < 1.29 is 38.6 Å². The van der Waals surface area contributed by atoms with Crippen LogP contribution in [0.2, 0.25) is 0 Å². The van der Waals surface area contributed by atoms with E-state index in [1.807, 2.05) is 77.7 Å². The Kier molecular flexibility index (Phi) is 27.9. The summed E-state index contributed by atoms with van der Waals surface area (Å²) >= 11 is 0. The molecule has 2 fully saturated rings. The molecule has 2 aliphatic heterocycles. The number of hydrogen-bond donors (Lipinski definition) is 1. The normalized spacial score (nSPS) is 13.5. The van der Waals surface area contributed by atoms with E-state index in [1.165, 1.54) is 70.1 Å². The van der Waals surface area contributed by atoms with Gasteiger partial charge in [-0.1, -0.05) is 136 Å². The van der Waals surface area contributed by atoms with Gasteiger partial charge in [-0.05, 0) is 108 Å². The van der Waals surface area contributed by atoms with E-state index in [4.69, 9.17) is 14.6 Å². The first-order valence-electron chi connectivity index (χ1n) is 27.0. The molecule has 1 amide bonds. The summed E-state index contributed by atoms with van der Waals surface area (Å²) in [4.78, 5) is 69.3. The van der Waals surface area contributed by atoms with Crippen LogP contribution < -0.4 is 9.47 Å². The molecule has 2 aromatic heterocycles. The minimum atomic E-state index is -0.856. The molecule has 79 heavy (non-hydrogen) atoms. The topological polar surface area (TPSA) is 157 Å². The van der Waals surface area contributed by atoms with Crippen LogP contribution >= 0.6 is 0 Å². The molecule has 0 bridgehead atoms. The molecule has 14 heteroatoms. The third-order valence-electron chi connectivity index (χ3n) is 13.6. The SMILES string of the molecule is C.C.CC(C)(C)c1ccc(C(=O)CCCC(=O)O)cc1.COc1ccc(CN2CCCCC2)cc1.COc1ccc(CN2CCN(C(=O)CCCC(=O)c3ccc(C(C)(C)C)cc3)CC2)cc1.O=C(n1cccc1)n1ccnc1. The molecule has 0 saturated carbocycles. The summed E-state index contributed by atoms with van der Waals surface area (Å²) in [7, 11) is 3.38. The Morgan fingerprint density at radius 3 is 1.34 bits per heavy atom. The Hall–Kier alpha value is -7.16. The van der Waals surface area contributed by atoms with E-state index in [0.29, 0.717) is 37.7 Å².